The number of hydrogen-bond acceptors (Lipinski definition) is 5. The molecule has 0 saturated heterocycles. The van der Waals surface area contributed by atoms with Crippen molar-refractivity contribution in [3.8, 4) is 0 Å². The fraction of sp³-hybridized carbons (Fsp3) is 0.556. The van der Waals surface area contributed by atoms with Crippen molar-refractivity contribution in [3.63, 3.8) is 0 Å². The summed E-state index contributed by atoms with van der Waals surface area (Å²) >= 11 is 5.17. The number of thioether (sulfide) groups is 1. The average Bonchev–Trinajstić information content (AvgIpc) is 2.83. The molecule has 0 radical (unpaired) electrons. The molecule has 92 valence electrons. The normalized spacial score (nSPS) is 11.1. The van der Waals surface area contributed by atoms with Crippen molar-refractivity contribution < 1.29 is 0 Å². The van der Waals surface area contributed by atoms with E-state index in [1.54, 1.807) is 16.4 Å². The topological polar surface area (TPSA) is 61.4 Å². The second-order valence-electron chi connectivity index (χ2n) is 3.54. The van der Waals surface area contributed by atoms with Gasteiger partial charge in [-0.2, -0.15) is 5.10 Å². The van der Waals surface area contributed by atoms with Gasteiger partial charge in [-0.05, 0) is 40.2 Å². The standard InChI is InChI=1S/C9H13BrN6S/c1-4-16-7(8(10)6(2)12-16)5-17-9-11-13-14-15(9)3/h4-5H2,1-3H3. The van der Waals surface area contributed by atoms with Crippen LogP contribution in [0.3, 0.4) is 0 Å². The smallest absolute Gasteiger partial charge is 0.209 e. The quantitative estimate of drug-likeness (QED) is 0.805. The van der Waals surface area contributed by atoms with Gasteiger partial charge in [0.15, 0.2) is 0 Å². The lowest BCUT2D eigenvalue weighted by Crippen LogP contribution is -2.02. The second kappa shape index (κ2) is 5.18. The van der Waals surface area contributed by atoms with Crippen LogP contribution in [0.1, 0.15) is 18.3 Å². The van der Waals surface area contributed by atoms with Crippen LogP contribution in [-0.4, -0.2) is 30.0 Å². The lowest BCUT2D eigenvalue weighted by atomic mass is 10.4. The Morgan fingerprint density at radius 3 is 2.76 bits per heavy atom. The summed E-state index contributed by atoms with van der Waals surface area (Å²) in [5.74, 6) is 0.795. The van der Waals surface area contributed by atoms with Crippen molar-refractivity contribution in [1.82, 2.24) is 30.0 Å². The number of nitrogens with zero attached hydrogens (tertiary/aromatic N) is 6. The van der Waals surface area contributed by atoms with Gasteiger partial charge in [0.2, 0.25) is 5.16 Å². The molecule has 0 fully saturated rings. The zero-order valence-corrected chi connectivity index (χ0v) is 12.3. The van der Waals surface area contributed by atoms with Gasteiger partial charge in [0.25, 0.3) is 0 Å². The Morgan fingerprint density at radius 2 is 2.18 bits per heavy atom. The SMILES string of the molecule is CCn1nc(C)c(Br)c1CSc1nnnn1C. The molecule has 0 aliphatic carbocycles. The molecule has 0 saturated carbocycles. The van der Waals surface area contributed by atoms with Crippen LogP contribution < -0.4 is 0 Å². The minimum atomic E-state index is 0.795. The first-order chi connectivity index (χ1) is 8.13. The van der Waals surface area contributed by atoms with E-state index in [-0.39, 0.29) is 0 Å². The molecule has 0 N–H and O–H groups in total. The molecule has 8 heteroatoms. The molecule has 2 heterocycles. The zero-order valence-electron chi connectivity index (χ0n) is 9.88. The Bertz CT molecular complexity index is 520. The van der Waals surface area contributed by atoms with Gasteiger partial charge in [-0.3, -0.25) is 4.68 Å². The highest BCUT2D eigenvalue weighted by molar-refractivity contribution is 9.10. The molecular formula is C9H13BrN6S. The summed E-state index contributed by atoms with van der Waals surface area (Å²) in [4.78, 5) is 0. The van der Waals surface area contributed by atoms with Crippen molar-refractivity contribution >= 4 is 27.7 Å². The largest absolute Gasteiger partial charge is 0.268 e. The molecule has 0 spiro atoms. The van der Waals surface area contributed by atoms with Crippen molar-refractivity contribution in [2.45, 2.75) is 31.3 Å². The summed E-state index contributed by atoms with van der Waals surface area (Å²) in [6.45, 7) is 4.94. The lowest BCUT2D eigenvalue weighted by molar-refractivity contribution is 0.630. The van der Waals surface area contributed by atoms with Crippen LogP contribution in [0, 0.1) is 6.92 Å². The van der Waals surface area contributed by atoms with Gasteiger partial charge in [0.05, 0.1) is 15.9 Å². The highest BCUT2D eigenvalue weighted by Gasteiger charge is 2.13. The van der Waals surface area contributed by atoms with E-state index in [2.05, 4.69) is 43.5 Å². The van der Waals surface area contributed by atoms with Crippen molar-refractivity contribution in [2.75, 3.05) is 0 Å². The number of halogens is 1. The number of hydrogen-bond donors (Lipinski definition) is 0. The second-order valence-corrected chi connectivity index (χ2v) is 5.27. The highest BCUT2D eigenvalue weighted by atomic mass is 79.9. The van der Waals surface area contributed by atoms with Crippen molar-refractivity contribution in [1.29, 1.82) is 0 Å². The Balaban J connectivity index is 2.16. The minimum Gasteiger partial charge on any atom is -0.268 e. The van der Waals surface area contributed by atoms with Gasteiger partial charge in [-0.25, -0.2) is 4.68 Å². The number of aryl methyl sites for hydroxylation is 3. The molecule has 2 aromatic rings. The monoisotopic (exact) mass is 316 g/mol. The lowest BCUT2D eigenvalue weighted by Gasteiger charge is -2.04. The molecule has 0 bridgehead atoms. The predicted octanol–water partition coefficient (Wildman–Crippen LogP) is 1.79. The van der Waals surface area contributed by atoms with Gasteiger partial charge >= 0.3 is 0 Å². The Labute approximate surface area is 112 Å². The Kier molecular flexibility index (Phi) is 3.82. The Hall–Kier alpha value is -0.890. The summed E-state index contributed by atoms with van der Waals surface area (Å²) in [5.41, 5.74) is 2.18. The molecule has 0 unspecified atom stereocenters. The predicted molar refractivity (Wildman–Crippen MR) is 68.7 cm³/mol. The summed E-state index contributed by atoms with van der Waals surface area (Å²) in [7, 11) is 1.83. The van der Waals surface area contributed by atoms with Crippen LogP contribution in [0.5, 0.6) is 0 Å². The highest BCUT2D eigenvalue weighted by Crippen LogP contribution is 2.27. The number of aromatic nitrogens is 6. The van der Waals surface area contributed by atoms with Crippen LogP contribution in [0.2, 0.25) is 0 Å². The third-order valence-corrected chi connectivity index (χ3v) is 4.43. The van der Waals surface area contributed by atoms with E-state index < -0.39 is 0 Å². The van der Waals surface area contributed by atoms with E-state index in [0.717, 1.165) is 33.3 Å². The fourth-order valence-corrected chi connectivity index (χ4v) is 2.97. The first-order valence-electron chi connectivity index (χ1n) is 5.20. The minimum absolute atomic E-state index is 0.795. The van der Waals surface area contributed by atoms with Gasteiger partial charge in [0.1, 0.15) is 0 Å². The number of rotatable bonds is 4. The van der Waals surface area contributed by atoms with Crippen LogP contribution in [0.15, 0.2) is 9.63 Å². The van der Waals surface area contributed by atoms with Crippen LogP contribution in [-0.2, 0) is 19.3 Å². The van der Waals surface area contributed by atoms with E-state index >= 15 is 0 Å². The fourth-order valence-electron chi connectivity index (χ4n) is 1.48. The summed E-state index contributed by atoms with van der Waals surface area (Å²) in [6.07, 6.45) is 0. The molecule has 2 rings (SSSR count). The molecule has 0 aromatic carbocycles. The van der Waals surface area contributed by atoms with E-state index in [1.165, 1.54) is 0 Å². The summed E-state index contributed by atoms with van der Waals surface area (Å²) < 4.78 is 4.73. The maximum absolute atomic E-state index is 4.45. The maximum Gasteiger partial charge on any atom is 0.209 e. The molecule has 0 amide bonds. The van der Waals surface area contributed by atoms with Gasteiger partial charge in [-0.15, -0.1) is 5.10 Å². The third kappa shape index (κ3) is 2.52. The molecule has 17 heavy (non-hydrogen) atoms. The molecule has 6 nitrogen and oxygen atoms in total. The van der Waals surface area contributed by atoms with Gasteiger partial charge in [-0.1, -0.05) is 11.8 Å². The first-order valence-corrected chi connectivity index (χ1v) is 6.98. The van der Waals surface area contributed by atoms with E-state index in [1.807, 2.05) is 18.7 Å². The first kappa shape index (κ1) is 12.6. The number of tetrazole rings is 1. The van der Waals surface area contributed by atoms with Crippen LogP contribution >= 0.6 is 27.7 Å². The zero-order chi connectivity index (χ0) is 12.4. The van der Waals surface area contributed by atoms with E-state index in [4.69, 9.17) is 0 Å². The molecule has 0 atom stereocenters. The summed E-state index contributed by atoms with van der Waals surface area (Å²) in [6, 6.07) is 0. The van der Waals surface area contributed by atoms with Crippen molar-refractivity contribution in [3.05, 3.63) is 15.9 Å². The molecular weight excluding hydrogens is 304 g/mol. The van der Waals surface area contributed by atoms with Gasteiger partial charge < -0.3 is 0 Å². The van der Waals surface area contributed by atoms with E-state index in [0.29, 0.717) is 0 Å². The third-order valence-electron chi connectivity index (χ3n) is 2.37. The molecule has 2 aromatic heterocycles. The Morgan fingerprint density at radius 1 is 1.41 bits per heavy atom. The summed E-state index contributed by atoms with van der Waals surface area (Å²) in [5, 5.41) is 16.6. The maximum atomic E-state index is 4.45. The van der Waals surface area contributed by atoms with Crippen molar-refractivity contribution in [2.24, 2.45) is 7.05 Å². The van der Waals surface area contributed by atoms with Crippen LogP contribution in [0.25, 0.3) is 0 Å². The average molecular weight is 317 g/mol. The molecule has 0 aliphatic heterocycles. The molecule has 0 aliphatic rings. The van der Waals surface area contributed by atoms with Crippen LogP contribution in [0.4, 0.5) is 0 Å². The van der Waals surface area contributed by atoms with Gasteiger partial charge in [0, 0.05) is 19.3 Å². The van der Waals surface area contributed by atoms with E-state index in [9.17, 15) is 0 Å².